The van der Waals surface area contributed by atoms with E-state index in [-0.39, 0.29) is 11.9 Å². The van der Waals surface area contributed by atoms with Gasteiger partial charge in [-0.3, -0.25) is 9.78 Å². The zero-order chi connectivity index (χ0) is 18.8. The first kappa shape index (κ1) is 18.0. The number of carbonyl (C=O) groups is 1. The van der Waals surface area contributed by atoms with Gasteiger partial charge in [0.2, 0.25) is 0 Å². The second kappa shape index (κ2) is 7.23. The third-order valence-corrected chi connectivity index (χ3v) is 5.04. The van der Waals surface area contributed by atoms with Gasteiger partial charge in [0.05, 0.1) is 11.4 Å². The third-order valence-electron chi connectivity index (χ3n) is 5.04. The van der Waals surface area contributed by atoms with Crippen LogP contribution in [0.1, 0.15) is 43.9 Å². The molecule has 2 heterocycles. The van der Waals surface area contributed by atoms with Crippen LogP contribution >= 0.6 is 0 Å². The van der Waals surface area contributed by atoms with E-state index in [1.54, 1.807) is 10.9 Å². The first-order chi connectivity index (χ1) is 12.5. The first-order valence-electron chi connectivity index (χ1n) is 9.02. The first-order valence-corrected chi connectivity index (χ1v) is 9.02. The Hall–Kier alpha value is -2.76. The van der Waals surface area contributed by atoms with Crippen molar-refractivity contribution in [2.45, 2.75) is 40.7 Å². The number of amides is 1. The number of rotatable bonds is 5. The summed E-state index contributed by atoms with van der Waals surface area (Å²) in [4.78, 5) is 19.1. The molecule has 0 N–H and O–H groups in total. The highest BCUT2D eigenvalue weighted by Crippen LogP contribution is 2.23. The largest absolute Gasteiger partial charge is 0.335 e. The van der Waals surface area contributed by atoms with Crippen molar-refractivity contribution in [3.8, 4) is 5.69 Å². The Morgan fingerprint density at radius 1 is 1.23 bits per heavy atom. The summed E-state index contributed by atoms with van der Waals surface area (Å²) in [6.45, 7) is 10.8. The highest BCUT2D eigenvalue weighted by atomic mass is 16.2. The number of pyridine rings is 1. The van der Waals surface area contributed by atoms with Gasteiger partial charge in [0.1, 0.15) is 0 Å². The smallest absolute Gasteiger partial charge is 0.276 e. The molecule has 1 aromatic carbocycles. The fraction of sp³-hybridized carbons (Fsp3) is 0.400. The summed E-state index contributed by atoms with van der Waals surface area (Å²) in [5.41, 5.74) is 2.05. The molecule has 0 bridgehead atoms. The van der Waals surface area contributed by atoms with E-state index < -0.39 is 0 Å². The molecule has 0 aliphatic rings. The van der Waals surface area contributed by atoms with Gasteiger partial charge in [-0.15, -0.1) is 5.10 Å². The maximum absolute atomic E-state index is 13.1. The van der Waals surface area contributed by atoms with E-state index in [4.69, 9.17) is 0 Å². The topological polar surface area (TPSA) is 63.9 Å². The minimum atomic E-state index is -0.0700. The van der Waals surface area contributed by atoms with E-state index in [0.717, 1.165) is 22.2 Å². The fourth-order valence-corrected chi connectivity index (χ4v) is 3.16. The highest BCUT2D eigenvalue weighted by Gasteiger charge is 2.27. The van der Waals surface area contributed by atoms with Crippen LogP contribution in [-0.4, -0.2) is 43.4 Å². The van der Waals surface area contributed by atoms with Crippen LogP contribution in [0.4, 0.5) is 0 Å². The van der Waals surface area contributed by atoms with Crippen LogP contribution in [0.15, 0.2) is 36.7 Å². The third kappa shape index (κ3) is 3.07. The Morgan fingerprint density at radius 2 is 2.00 bits per heavy atom. The Bertz CT molecular complexity index is 926. The summed E-state index contributed by atoms with van der Waals surface area (Å²) in [6, 6.07) is 8.04. The molecule has 6 nitrogen and oxygen atoms in total. The second-order valence-corrected chi connectivity index (χ2v) is 6.89. The van der Waals surface area contributed by atoms with Crippen molar-refractivity contribution in [3.05, 3.63) is 48.0 Å². The van der Waals surface area contributed by atoms with Gasteiger partial charge in [-0.05, 0) is 38.8 Å². The number of aromatic nitrogens is 4. The molecule has 1 amide bonds. The number of hydrogen-bond donors (Lipinski definition) is 0. The zero-order valence-electron chi connectivity index (χ0n) is 16.0. The van der Waals surface area contributed by atoms with Crippen LogP contribution in [-0.2, 0) is 0 Å². The van der Waals surface area contributed by atoms with Crippen LogP contribution in [0.25, 0.3) is 16.5 Å². The predicted molar refractivity (Wildman–Crippen MR) is 102 cm³/mol. The van der Waals surface area contributed by atoms with Gasteiger partial charge in [0.25, 0.3) is 5.91 Å². The standard InChI is InChI=1S/C20H25N5O/c1-6-24(14(4)13(2)3)20(26)19-15(5)25(23-22-19)18-9-7-8-16-12-21-11-10-17(16)18/h7-14H,6H2,1-5H3/t14-/m1/s1. The molecule has 0 saturated heterocycles. The molecule has 0 saturated carbocycles. The van der Waals surface area contributed by atoms with E-state index in [1.807, 2.05) is 49.2 Å². The summed E-state index contributed by atoms with van der Waals surface area (Å²) in [6.07, 6.45) is 3.58. The molecule has 3 aromatic rings. The van der Waals surface area contributed by atoms with Gasteiger partial charge in [-0.25, -0.2) is 4.68 Å². The number of fused-ring (bicyclic) bond motifs is 1. The lowest BCUT2D eigenvalue weighted by atomic mass is 10.0. The van der Waals surface area contributed by atoms with Crippen molar-refractivity contribution in [1.29, 1.82) is 0 Å². The van der Waals surface area contributed by atoms with Gasteiger partial charge >= 0.3 is 0 Å². The van der Waals surface area contributed by atoms with Gasteiger partial charge in [-0.1, -0.05) is 31.2 Å². The number of benzene rings is 1. The van der Waals surface area contributed by atoms with Gasteiger partial charge in [-0.2, -0.15) is 0 Å². The average Bonchev–Trinajstić information content (AvgIpc) is 3.02. The van der Waals surface area contributed by atoms with Crippen molar-refractivity contribution >= 4 is 16.7 Å². The quantitative estimate of drug-likeness (QED) is 0.704. The predicted octanol–water partition coefficient (Wildman–Crippen LogP) is 3.63. The van der Waals surface area contributed by atoms with Crippen molar-refractivity contribution < 1.29 is 4.79 Å². The summed E-state index contributed by atoms with van der Waals surface area (Å²) < 4.78 is 1.74. The van der Waals surface area contributed by atoms with Gasteiger partial charge in [0.15, 0.2) is 5.69 Å². The number of hydrogen-bond acceptors (Lipinski definition) is 4. The summed E-state index contributed by atoms with van der Waals surface area (Å²) in [5.74, 6) is 0.305. The fourth-order valence-electron chi connectivity index (χ4n) is 3.16. The van der Waals surface area contributed by atoms with E-state index in [1.165, 1.54) is 0 Å². The van der Waals surface area contributed by atoms with Crippen molar-refractivity contribution in [3.63, 3.8) is 0 Å². The lowest BCUT2D eigenvalue weighted by Gasteiger charge is -2.30. The van der Waals surface area contributed by atoms with Crippen LogP contribution in [0.5, 0.6) is 0 Å². The van der Waals surface area contributed by atoms with E-state index in [2.05, 4.69) is 36.1 Å². The van der Waals surface area contributed by atoms with Crippen molar-refractivity contribution in [2.75, 3.05) is 6.54 Å². The number of nitrogens with zero attached hydrogens (tertiary/aromatic N) is 5. The minimum Gasteiger partial charge on any atom is -0.335 e. The zero-order valence-corrected chi connectivity index (χ0v) is 16.0. The molecule has 0 aliphatic heterocycles. The normalized spacial score (nSPS) is 12.5. The van der Waals surface area contributed by atoms with Crippen molar-refractivity contribution in [1.82, 2.24) is 24.9 Å². The molecule has 0 fully saturated rings. The SMILES string of the molecule is CCN(C(=O)c1nnn(-c2cccc3cnccc23)c1C)[C@H](C)C(C)C. The molecule has 0 radical (unpaired) electrons. The molecule has 0 unspecified atom stereocenters. The molecule has 136 valence electrons. The molecule has 1 atom stereocenters. The number of carbonyl (C=O) groups excluding carboxylic acids is 1. The molecule has 2 aromatic heterocycles. The monoisotopic (exact) mass is 351 g/mol. The Labute approximate surface area is 153 Å². The van der Waals surface area contributed by atoms with E-state index in [0.29, 0.717) is 18.2 Å². The molecule has 0 aliphatic carbocycles. The Morgan fingerprint density at radius 3 is 2.69 bits per heavy atom. The van der Waals surface area contributed by atoms with Crippen LogP contribution in [0.3, 0.4) is 0 Å². The molecule has 26 heavy (non-hydrogen) atoms. The molecular weight excluding hydrogens is 326 g/mol. The maximum atomic E-state index is 13.1. The summed E-state index contributed by atoms with van der Waals surface area (Å²) >= 11 is 0. The maximum Gasteiger partial charge on any atom is 0.276 e. The summed E-state index contributed by atoms with van der Waals surface area (Å²) in [7, 11) is 0. The Kier molecular flexibility index (Phi) is 5.02. The minimum absolute atomic E-state index is 0.0700. The van der Waals surface area contributed by atoms with E-state index >= 15 is 0 Å². The lowest BCUT2D eigenvalue weighted by Crippen LogP contribution is -2.41. The molecular formula is C20H25N5O. The highest BCUT2D eigenvalue weighted by molar-refractivity contribution is 5.94. The average molecular weight is 351 g/mol. The Balaban J connectivity index is 2.04. The van der Waals surface area contributed by atoms with Gasteiger partial charge < -0.3 is 4.90 Å². The van der Waals surface area contributed by atoms with Crippen molar-refractivity contribution in [2.24, 2.45) is 5.92 Å². The van der Waals surface area contributed by atoms with Gasteiger partial charge in [0, 0.05) is 35.8 Å². The molecule has 0 spiro atoms. The van der Waals surface area contributed by atoms with Crippen LogP contribution in [0, 0.1) is 12.8 Å². The lowest BCUT2D eigenvalue weighted by molar-refractivity contribution is 0.0653. The van der Waals surface area contributed by atoms with Crippen LogP contribution < -0.4 is 0 Å². The molecule has 6 heteroatoms. The van der Waals surface area contributed by atoms with E-state index in [9.17, 15) is 4.79 Å². The molecule has 3 rings (SSSR count). The summed E-state index contributed by atoms with van der Waals surface area (Å²) in [5, 5.41) is 10.5. The second-order valence-electron chi connectivity index (χ2n) is 6.89. The van der Waals surface area contributed by atoms with Crippen LogP contribution in [0.2, 0.25) is 0 Å².